The third-order valence-corrected chi connectivity index (χ3v) is 4.90. The van der Waals surface area contributed by atoms with Crippen LogP contribution in [0.15, 0.2) is 24.3 Å². The summed E-state index contributed by atoms with van der Waals surface area (Å²) in [5.41, 5.74) is 8.48. The third kappa shape index (κ3) is 3.34. The fourth-order valence-electron chi connectivity index (χ4n) is 3.02. The number of benzene rings is 1. The summed E-state index contributed by atoms with van der Waals surface area (Å²) in [6.07, 6.45) is 3.92. The van der Waals surface area contributed by atoms with Gasteiger partial charge in [-0.1, -0.05) is 50.3 Å². The van der Waals surface area contributed by atoms with Crippen molar-refractivity contribution in [2.24, 2.45) is 11.1 Å². The first-order valence-electron chi connectivity index (χ1n) is 7.19. The topological polar surface area (TPSA) is 29.3 Å². The molecule has 0 amide bonds. The maximum atomic E-state index is 5.62. The van der Waals surface area contributed by atoms with Crippen molar-refractivity contribution in [3.8, 4) is 0 Å². The number of nitrogens with zero attached hydrogens (tertiary/aromatic N) is 1. The molecule has 1 heterocycles. The molecule has 1 aromatic rings. The monoisotopic (exact) mass is 276 g/mol. The number of nitrogens with two attached hydrogens (primary N) is 1. The van der Waals surface area contributed by atoms with Crippen molar-refractivity contribution in [2.75, 3.05) is 13.1 Å². The first-order chi connectivity index (χ1) is 9.08. The number of likely N-dealkylation sites (tertiary alicyclic amines) is 1. The van der Waals surface area contributed by atoms with Crippen molar-refractivity contribution in [1.29, 1.82) is 0 Å². The van der Waals surface area contributed by atoms with Gasteiger partial charge in [0, 0.05) is 18.7 Å². The molecular formula is C16H24N2S. The second-order valence-corrected chi connectivity index (χ2v) is 6.17. The Labute approximate surface area is 122 Å². The van der Waals surface area contributed by atoms with Crippen LogP contribution in [0.25, 0.3) is 0 Å². The zero-order valence-electron chi connectivity index (χ0n) is 12.0. The van der Waals surface area contributed by atoms with Crippen LogP contribution in [0.1, 0.15) is 44.2 Å². The van der Waals surface area contributed by atoms with Crippen LogP contribution in [0.4, 0.5) is 0 Å². The maximum absolute atomic E-state index is 5.62. The molecule has 0 spiro atoms. The van der Waals surface area contributed by atoms with Crippen molar-refractivity contribution in [3.63, 3.8) is 0 Å². The Morgan fingerprint density at radius 1 is 1.26 bits per heavy atom. The third-order valence-electron chi connectivity index (χ3n) is 4.66. The molecule has 1 saturated heterocycles. The lowest BCUT2D eigenvalue weighted by Crippen LogP contribution is -2.26. The number of thiocarbonyl (C=S) groups is 1. The van der Waals surface area contributed by atoms with Crippen molar-refractivity contribution in [2.45, 2.75) is 39.7 Å². The minimum absolute atomic E-state index is 0.476. The average molecular weight is 276 g/mol. The van der Waals surface area contributed by atoms with Crippen LogP contribution in [0, 0.1) is 5.41 Å². The predicted octanol–water partition coefficient (Wildman–Crippen LogP) is 3.33. The summed E-state index contributed by atoms with van der Waals surface area (Å²) in [6.45, 7) is 8.14. The van der Waals surface area contributed by atoms with E-state index < -0.39 is 0 Å². The van der Waals surface area contributed by atoms with Gasteiger partial charge in [-0.3, -0.25) is 4.90 Å². The van der Waals surface area contributed by atoms with Crippen LogP contribution >= 0.6 is 12.2 Å². The van der Waals surface area contributed by atoms with Crippen LogP contribution in [0.5, 0.6) is 0 Å². The molecule has 0 atom stereocenters. The Bertz CT molecular complexity index is 435. The van der Waals surface area contributed by atoms with Gasteiger partial charge in [0.25, 0.3) is 0 Å². The molecule has 3 heteroatoms. The maximum Gasteiger partial charge on any atom is 0.103 e. The van der Waals surface area contributed by atoms with Gasteiger partial charge in [-0.05, 0) is 36.8 Å². The van der Waals surface area contributed by atoms with E-state index >= 15 is 0 Å². The molecule has 0 aliphatic carbocycles. The Morgan fingerprint density at radius 3 is 2.37 bits per heavy atom. The summed E-state index contributed by atoms with van der Waals surface area (Å²) in [5.74, 6) is 0. The van der Waals surface area contributed by atoms with Gasteiger partial charge in [-0.25, -0.2) is 0 Å². The molecule has 1 aromatic carbocycles. The molecule has 2 rings (SSSR count). The minimum atomic E-state index is 0.476. The van der Waals surface area contributed by atoms with Gasteiger partial charge >= 0.3 is 0 Å². The Morgan fingerprint density at radius 2 is 1.89 bits per heavy atom. The second-order valence-electron chi connectivity index (χ2n) is 5.73. The van der Waals surface area contributed by atoms with Gasteiger partial charge in [-0.2, -0.15) is 0 Å². The summed E-state index contributed by atoms with van der Waals surface area (Å²) >= 11 is 4.98. The van der Waals surface area contributed by atoms with Crippen LogP contribution in [0.3, 0.4) is 0 Å². The lowest BCUT2D eigenvalue weighted by molar-refractivity contribution is 0.236. The highest BCUT2D eigenvalue weighted by atomic mass is 32.1. The zero-order valence-corrected chi connectivity index (χ0v) is 12.8. The molecule has 0 bridgehead atoms. The average Bonchev–Trinajstić information content (AvgIpc) is 2.83. The normalized spacial score (nSPS) is 18.6. The molecule has 1 aliphatic heterocycles. The lowest BCUT2D eigenvalue weighted by atomic mass is 9.82. The highest BCUT2D eigenvalue weighted by Crippen LogP contribution is 2.37. The van der Waals surface area contributed by atoms with Crippen molar-refractivity contribution < 1.29 is 0 Å². The Hall–Kier alpha value is -0.930. The Kier molecular flexibility index (Phi) is 4.58. The van der Waals surface area contributed by atoms with Crippen molar-refractivity contribution in [1.82, 2.24) is 4.90 Å². The zero-order chi connectivity index (χ0) is 13.9. The molecule has 0 radical (unpaired) electrons. The van der Waals surface area contributed by atoms with Crippen molar-refractivity contribution >= 4 is 17.2 Å². The van der Waals surface area contributed by atoms with E-state index in [1.807, 2.05) is 12.1 Å². The van der Waals surface area contributed by atoms with Crippen LogP contribution < -0.4 is 5.73 Å². The predicted molar refractivity (Wildman–Crippen MR) is 85.2 cm³/mol. The standard InChI is InChI=1S/C16H24N2S/c1-3-16(4-2)9-10-18(12-16)11-13-5-7-14(8-6-13)15(17)19/h5-8H,3-4,9-12H2,1-2H3,(H2,17,19). The summed E-state index contributed by atoms with van der Waals surface area (Å²) in [6, 6.07) is 8.35. The summed E-state index contributed by atoms with van der Waals surface area (Å²) in [7, 11) is 0. The summed E-state index contributed by atoms with van der Waals surface area (Å²) in [5, 5.41) is 0. The number of hydrogen-bond acceptors (Lipinski definition) is 2. The summed E-state index contributed by atoms with van der Waals surface area (Å²) < 4.78 is 0. The van der Waals surface area contributed by atoms with Gasteiger partial charge in [0.1, 0.15) is 4.99 Å². The Balaban J connectivity index is 1.97. The fourth-order valence-corrected chi connectivity index (χ4v) is 3.16. The van der Waals surface area contributed by atoms with E-state index in [2.05, 4.69) is 30.9 Å². The van der Waals surface area contributed by atoms with E-state index in [4.69, 9.17) is 18.0 Å². The van der Waals surface area contributed by atoms with E-state index in [9.17, 15) is 0 Å². The van der Waals surface area contributed by atoms with E-state index in [-0.39, 0.29) is 0 Å². The van der Waals surface area contributed by atoms with Crippen LogP contribution in [-0.4, -0.2) is 23.0 Å². The highest BCUT2D eigenvalue weighted by Gasteiger charge is 2.34. The number of rotatable bonds is 5. The first-order valence-corrected chi connectivity index (χ1v) is 7.60. The molecule has 1 aliphatic rings. The molecular weight excluding hydrogens is 252 g/mol. The minimum Gasteiger partial charge on any atom is -0.389 e. The largest absolute Gasteiger partial charge is 0.389 e. The second kappa shape index (κ2) is 6.02. The number of hydrogen-bond donors (Lipinski definition) is 1. The first kappa shape index (κ1) is 14.5. The fraction of sp³-hybridized carbons (Fsp3) is 0.562. The molecule has 104 valence electrons. The molecule has 0 aromatic heterocycles. The molecule has 0 saturated carbocycles. The van der Waals surface area contributed by atoms with Crippen molar-refractivity contribution in [3.05, 3.63) is 35.4 Å². The van der Waals surface area contributed by atoms with E-state index in [1.54, 1.807) is 0 Å². The van der Waals surface area contributed by atoms with Gasteiger partial charge in [0.05, 0.1) is 0 Å². The smallest absolute Gasteiger partial charge is 0.103 e. The summed E-state index contributed by atoms with van der Waals surface area (Å²) in [4.78, 5) is 3.05. The van der Waals surface area contributed by atoms with Gasteiger partial charge in [0.15, 0.2) is 0 Å². The van der Waals surface area contributed by atoms with Gasteiger partial charge in [-0.15, -0.1) is 0 Å². The van der Waals surface area contributed by atoms with E-state index in [1.165, 1.54) is 37.9 Å². The molecule has 0 unspecified atom stereocenters. The lowest BCUT2D eigenvalue weighted by Gasteiger charge is -2.26. The SMILES string of the molecule is CCC1(CC)CCN(Cc2ccc(C(N)=S)cc2)C1. The highest BCUT2D eigenvalue weighted by molar-refractivity contribution is 7.80. The van der Waals surface area contributed by atoms with E-state index in [0.29, 0.717) is 10.4 Å². The van der Waals surface area contributed by atoms with E-state index in [0.717, 1.165) is 12.1 Å². The molecule has 19 heavy (non-hydrogen) atoms. The molecule has 2 N–H and O–H groups in total. The van der Waals surface area contributed by atoms with Crippen LogP contribution in [0.2, 0.25) is 0 Å². The molecule has 1 fully saturated rings. The van der Waals surface area contributed by atoms with Gasteiger partial charge in [0.2, 0.25) is 0 Å². The van der Waals surface area contributed by atoms with Gasteiger partial charge < -0.3 is 5.73 Å². The quantitative estimate of drug-likeness (QED) is 0.836. The molecule has 2 nitrogen and oxygen atoms in total. The van der Waals surface area contributed by atoms with Crippen LogP contribution in [-0.2, 0) is 6.54 Å².